The number of carbonyl (C=O) groups excluding carboxylic acids is 1. The number of ketones is 1. The second kappa shape index (κ2) is 5.33. The molecule has 0 bridgehead atoms. The van der Waals surface area contributed by atoms with Crippen molar-refractivity contribution in [2.75, 3.05) is 0 Å². The summed E-state index contributed by atoms with van der Waals surface area (Å²) in [4.78, 5) is 12.2. The van der Waals surface area contributed by atoms with Gasteiger partial charge in [-0.1, -0.05) is 25.5 Å². The zero-order valence-corrected chi connectivity index (χ0v) is 16.0. The van der Waals surface area contributed by atoms with Gasteiger partial charge in [0.15, 0.2) is 5.78 Å². The third-order valence-corrected chi connectivity index (χ3v) is 9.15. The fourth-order valence-electron chi connectivity index (χ4n) is 7.21. The summed E-state index contributed by atoms with van der Waals surface area (Å²) < 4.78 is 0. The van der Waals surface area contributed by atoms with Crippen molar-refractivity contribution >= 4 is 17.4 Å². The Kier molecular flexibility index (Phi) is 3.80. The van der Waals surface area contributed by atoms with E-state index in [2.05, 4.69) is 19.9 Å². The molecule has 0 amide bonds. The lowest BCUT2D eigenvalue weighted by molar-refractivity contribution is -0.158. The molecule has 134 valence electrons. The lowest BCUT2D eigenvalue weighted by Gasteiger charge is -2.58. The topological polar surface area (TPSA) is 37.3 Å². The highest BCUT2D eigenvalue weighted by Crippen LogP contribution is 2.67. The Morgan fingerprint density at radius 3 is 2.58 bits per heavy atom. The average molecular weight is 351 g/mol. The van der Waals surface area contributed by atoms with Gasteiger partial charge in [-0.05, 0) is 81.5 Å². The third-order valence-electron chi connectivity index (χ3n) is 8.78. The molecule has 4 rings (SSSR count). The first-order chi connectivity index (χ1) is 11.2. The van der Waals surface area contributed by atoms with Gasteiger partial charge in [-0.15, -0.1) is 11.6 Å². The first kappa shape index (κ1) is 17.1. The predicted octanol–water partition coefficient (Wildman–Crippen LogP) is 4.88. The van der Waals surface area contributed by atoms with Crippen LogP contribution in [0.5, 0.6) is 0 Å². The number of alkyl halides is 1. The van der Waals surface area contributed by atoms with Gasteiger partial charge >= 0.3 is 0 Å². The van der Waals surface area contributed by atoms with Crippen LogP contribution < -0.4 is 0 Å². The van der Waals surface area contributed by atoms with Crippen LogP contribution in [-0.4, -0.2) is 21.9 Å². The molecule has 4 aliphatic carbocycles. The molecule has 4 aliphatic rings. The number of halogens is 1. The van der Waals surface area contributed by atoms with Crippen molar-refractivity contribution in [1.82, 2.24) is 0 Å². The minimum Gasteiger partial charge on any atom is -0.382 e. The van der Waals surface area contributed by atoms with Gasteiger partial charge in [-0.3, -0.25) is 4.79 Å². The lowest BCUT2D eigenvalue weighted by Crippen LogP contribution is -2.56. The van der Waals surface area contributed by atoms with E-state index in [9.17, 15) is 9.90 Å². The monoisotopic (exact) mass is 350 g/mol. The van der Waals surface area contributed by atoms with E-state index in [-0.39, 0.29) is 11.2 Å². The molecule has 0 aromatic carbocycles. The van der Waals surface area contributed by atoms with Crippen molar-refractivity contribution in [2.24, 2.45) is 28.6 Å². The van der Waals surface area contributed by atoms with Crippen LogP contribution in [-0.2, 0) is 4.79 Å². The summed E-state index contributed by atoms with van der Waals surface area (Å²) in [7, 11) is 0. The van der Waals surface area contributed by atoms with Gasteiger partial charge in [0.05, 0.1) is 0 Å². The summed E-state index contributed by atoms with van der Waals surface area (Å²) in [5.41, 5.74) is 0.567. The molecule has 2 nitrogen and oxygen atoms in total. The number of aliphatic hydroxyl groups is 1. The summed E-state index contributed by atoms with van der Waals surface area (Å²) in [6, 6.07) is 0. The summed E-state index contributed by atoms with van der Waals surface area (Å²) in [5.74, 6) is 1.78. The van der Waals surface area contributed by atoms with E-state index in [1.165, 1.54) is 6.42 Å². The summed E-state index contributed by atoms with van der Waals surface area (Å²) in [5, 5.41) is 11.5. The van der Waals surface area contributed by atoms with Crippen molar-refractivity contribution in [3.8, 4) is 0 Å². The highest BCUT2D eigenvalue weighted by molar-refractivity contribution is 6.20. The molecule has 3 saturated carbocycles. The summed E-state index contributed by atoms with van der Waals surface area (Å²) in [6.07, 6.45) is 10.8. The first-order valence-corrected chi connectivity index (χ1v) is 10.2. The van der Waals surface area contributed by atoms with Gasteiger partial charge in [0.1, 0.15) is 5.60 Å². The molecule has 0 radical (unpaired) electrons. The van der Waals surface area contributed by atoms with E-state index in [1.54, 1.807) is 12.5 Å². The van der Waals surface area contributed by atoms with Crippen LogP contribution in [0, 0.1) is 28.6 Å². The SMILES string of the molecule is CC(=O)[C@@]1(O)CC[C@H]2[C@@H]3CC=C4C[C@@H](Cl)CC[C@]4(C)[C@H]3CC[C@@]21C. The van der Waals surface area contributed by atoms with Crippen molar-refractivity contribution in [2.45, 2.75) is 83.1 Å². The second-order valence-electron chi connectivity index (χ2n) is 9.51. The quantitative estimate of drug-likeness (QED) is 0.540. The lowest BCUT2D eigenvalue weighted by atomic mass is 9.47. The normalized spacial score (nSPS) is 53.6. The van der Waals surface area contributed by atoms with E-state index in [0.717, 1.165) is 38.5 Å². The van der Waals surface area contributed by atoms with E-state index in [0.29, 0.717) is 35.0 Å². The minimum atomic E-state index is -1.10. The largest absolute Gasteiger partial charge is 0.382 e. The molecule has 0 saturated heterocycles. The fraction of sp³-hybridized carbons (Fsp3) is 0.857. The van der Waals surface area contributed by atoms with Gasteiger partial charge in [0.25, 0.3) is 0 Å². The molecular weight excluding hydrogens is 320 g/mol. The van der Waals surface area contributed by atoms with Crippen LogP contribution in [0.3, 0.4) is 0 Å². The Labute approximate surface area is 151 Å². The molecule has 0 spiro atoms. The molecule has 3 heteroatoms. The molecule has 0 aromatic heterocycles. The molecular formula is C21H31ClO2. The third kappa shape index (κ3) is 2.02. The Balaban J connectivity index is 1.69. The van der Waals surface area contributed by atoms with Crippen LogP contribution in [0.1, 0.15) is 72.1 Å². The van der Waals surface area contributed by atoms with Gasteiger partial charge in [0, 0.05) is 10.8 Å². The van der Waals surface area contributed by atoms with Gasteiger partial charge in [-0.25, -0.2) is 0 Å². The predicted molar refractivity (Wildman–Crippen MR) is 97.0 cm³/mol. The number of fused-ring (bicyclic) bond motifs is 5. The molecule has 3 fully saturated rings. The van der Waals surface area contributed by atoms with E-state index >= 15 is 0 Å². The molecule has 0 aliphatic heterocycles. The number of carbonyl (C=O) groups is 1. The van der Waals surface area contributed by atoms with Crippen LogP contribution in [0.2, 0.25) is 0 Å². The van der Waals surface area contributed by atoms with Crippen molar-refractivity contribution < 1.29 is 9.90 Å². The van der Waals surface area contributed by atoms with E-state index in [4.69, 9.17) is 11.6 Å². The van der Waals surface area contributed by atoms with Crippen LogP contribution in [0.25, 0.3) is 0 Å². The van der Waals surface area contributed by atoms with Crippen molar-refractivity contribution in [1.29, 1.82) is 0 Å². The number of Topliss-reactive ketones (excluding diaryl/α,β-unsaturated/α-hetero) is 1. The highest BCUT2D eigenvalue weighted by Gasteiger charge is 2.65. The van der Waals surface area contributed by atoms with Crippen LogP contribution >= 0.6 is 11.6 Å². The number of hydrogen-bond acceptors (Lipinski definition) is 2. The first-order valence-electron chi connectivity index (χ1n) is 9.79. The smallest absolute Gasteiger partial charge is 0.161 e. The number of hydrogen-bond donors (Lipinski definition) is 1. The number of rotatable bonds is 1. The van der Waals surface area contributed by atoms with Gasteiger partial charge in [-0.2, -0.15) is 0 Å². The highest BCUT2D eigenvalue weighted by atomic mass is 35.5. The van der Waals surface area contributed by atoms with Crippen LogP contribution in [0.4, 0.5) is 0 Å². The zero-order chi connectivity index (χ0) is 17.3. The molecule has 24 heavy (non-hydrogen) atoms. The Bertz CT molecular complexity index is 599. The van der Waals surface area contributed by atoms with Gasteiger partial charge < -0.3 is 5.11 Å². The van der Waals surface area contributed by atoms with E-state index in [1.807, 2.05) is 0 Å². The maximum Gasteiger partial charge on any atom is 0.161 e. The molecule has 1 N–H and O–H groups in total. The zero-order valence-electron chi connectivity index (χ0n) is 15.3. The molecule has 7 atom stereocenters. The standard InChI is InChI=1S/C21H31ClO2/c1-13(23)21(24)11-8-18-16-5-4-14-12-15(22)6-9-19(14,2)17(16)7-10-20(18,21)3/h4,15-18,24H,5-12H2,1-3H3/t15-,16+,17-,18-,19-,20-,21-/m0/s1. The maximum absolute atomic E-state index is 12.2. The Morgan fingerprint density at radius 2 is 1.88 bits per heavy atom. The summed E-state index contributed by atoms with van der Waals surface area (Å²) >= 11 is 6.45. The fourth-order valence-corrected chi connectivity index (χ4v) is 7.49. The Hall–Kier alpha value is -0.340. The molecule has 0 aromatic rings. The minimum absolute atomic E-state index is 0.0214. The number of allylic oxidation sites excluding steroid dienone is 2. The molecule has 0 unspecified atom stereocenters. The Morgan fingerprint density at radius 1 is 1.17 bits per heavy atom. The van der Waals surface area contributed by atoms with E-state index < -0.39 is 5.60 Å². The second-order valence-corrected chi connectivity index (χ2v) is 10.1. The van der Waals surface area contributed by atoms with Crippen molar-refractivity contribution in [3.63, 3.8) is 0 Å². The maximum atomic E-state index is 12.2. The summed E-state index contributed by atoms with van der Waals surface area (Å²) in [6.45, 7) is 6.24. The van der Waals surface area contributed by atoms with Crippen LogP contribution in [0.15, 0.2) is 11.6 Å². The molecule has 0 heterocycles. The van der Waals surface area contributed by atoms with Gasteiger partial charge in [0.2, 0.25) is 0 Å². The van der Waals surface area contributed by atoms with Crippen molar-refractivity contribution in [3.05, 3.63) is 11.6 Å². The average Bonchev–Trinajstić information content (AvgIpc) is 2.81.